The van der Waals surface area contributed by atoms with Gasteiger partial charge in [-0.3, -0.25) is 4.79 Å². The van der Waals surface area contributed by atoms with E-state index in [1.165, 1.54) is 0 Å². The zero-order valence-electron chi connectivity index (χ0n) is 6.22. The van der Waals surface area contributed by atoms with E-state index in [4.69, 9.17) is 5.11 Å². The van der Waals surface area contributed by atoms with Crippen LogP contribution in [-0.4, -0.2) is 17.0 Å². The molecule has 0 aliphatic carbocycles. The molecule has 0 aliphatic heterocycles. The topological polar surface area (TPSA) is 37.3 Å². The molecular weight excluding hydrogens is 116 g/mol. The van der Waals surface area contributed by atoms with Crippen LogP contribution in [-0.2, 0) is 4.79 Å². The molecule has 0 aromatic rings. The monoisotopic (exact) mass is 130 g/mol. The van der Waals surface area contributed by atoms with Gasteiger partial charge in [0.1, 0.15) is 5.78 Å². The Morgan fingerprint density at radius 3 is 2.11 bits per heavy atom. The molecule has 0 amide bonds. The minimum absolute atomic E-state index is 0.130. The second-order valence-electron chi connectivity index (χ2n) is 2.35. The van der Waals surface area contributed by atoms with Crippen LogP contribution in [0, 0.1) is 5.92 Å². The van der Waals surface area contributed by atoms with Crippen LogP contribution in [0.3, 0.4) is 0 Å². The Bertz CT molecular complexity index is 97.1. The fourth-order valence-corrected chi connectivity index (χ4v) is 0.591. The van der Waals surface area contributed by atoms with Gasteiger partial charge in [-0.15, -0.1) is 0 Å². The maximum atomic E-state index is 10.8. The molecular formula is C7H14O2. The summed E-state index contributed by atoms with van der Waals surface area (Å²) in [6.45, 7) is 5.19. The van der Waals surface area contributed by atoms with Crippen molar-refractivity contribution in [1.82, 2.24) is 0 Å². The Morgan fingerprint density at radius 1 is 1.56 bits per heavy atom. The van der Waals surface area contributed by atoms with E-state index in [-0.39, 0.29) is 11.7 Å². The van der Waals surface area contributed by atoms with Crippen molar-refractivity contribution in [2.45, 2.75) is 33.3 Å². The number of hydrogen-bond donors (Lipinski definition) is 1. The van der Waals surface area contributed by atoms with Gasteiger partial charge in [-0.2, -0.15) is 0 Å². The van der Waals surface area contributed by atoms with E-state index in [2.05, 4.69) is 0 Å². The van der Waals surface area contributed by atoms with Gasteiger partial charge in [0.25, 0.3) is 0 Å². The minimum atomic E-state index is -0.502. The normalized spacial score (nSPS) is 16.9. The highest BCUT2D eigenvalue weighted by molar-refractivity contribution is 5.80. The molecule has 0 saturated heterocycles. The van der Waals surface area contributed by atoms with E-state index in [0.717, 1.165) is 0 Å². The first-order chi connectivity index (χ1) is 4.09. The average molecular weight is 130 g/mol. The van der Waals surface area contributed by atoms with Crippen molar-refractivity contribution >= 4 is 5.78 Å². The predicted octanol–water partition coefficient (Wildman–Crippen LogP) is 0.982. The number of rotatable bonds is 3. The molecule has 2 atom stereocenters. The molecule has 54 valence electrons. The Morgan fingerprint density at radius 2 is 2.00 bits per heavy atom. The maximum Gasteiger partial charge on any atom is 0.137 e. The number of carbonyl (C=O) groups is 1. The number of aliphatic hydroxyl groups excluding tert-OH is 1. The third-order valence-electron chi connectivity index (χ3n) is 1.58. The van der Waals surface area contributed by atoms with Gasteiger partial charge in [0, 0.05) is 12.3 Å². The molecule has 9 heavy (non-hydrogen) atoms. The molecule has 2 heteroatoms. The number of carbonyl (C=O) groups excluding carboxylic acids is 1. The highest BCUT2D eigenvalue weighted by Gasteiger charge is 2.15. The molecule has 0 heterocycles. The van der Waals surface area contributed by atoms with E-state index < -0.39 is 6.10 Å². The van der Waals surface area contributed by atoms with Gasteiger partial charge in [-0.25, -0.2) is 0 Å². The fraction of sp³-hybridized carbons (Fsp3) is 0.857. The molecule has 0 rings (SSSR count). The standard InChI is InChI=1S/C7H14O2/c1-4-7(9)5(2)6(3)8/h5-6,8H,4H2,1-3H3/t5-,6+/m1/s1. The molecule has 0 radical (unpaired) electrons. The second kappa shape index (κ2) is 3.62. The Hall–Kier alpha value is -0.370. The quantitative estimate of drug-likeness (QED) is 0.618. The lowest BCUT2D eigenvalue weighted by molar-refractivity contribution is -0.124. The molecule has 0 aromatic heterocycles. The van der Waals surface area contributed by atoms with E-state index >= 15 is 0 Å². The number of hydrogen-bond acceptors (Lipinski definition) is 2. The summed E-state index contributed by atoms with van der Waals surface area (Å²) in [7, 11) is 0. The molecule has 1 N–H and O–H groups in total. The van der Waals surface area contributed by atoms with Gasteiger partial charge in [0.15, 0.2) is 0 Å². The van der Waals surface area contributed by atoms with Gasteiger partial charge < -0.3 is 5.11 Å². The van der Waals surface area contributed by atoms with Gasteiger partial charge in [-0.1, -0.05) is 13.8 Å². The summed E-state index contributed by atoms with van der Waals surface area (Å²) < 4.78 is 0. The first-order valence-electron chi connectivity index (χ1n) is 3.30. The third-order valence-corrected chi connectivity index (χ3v) is 1.58. The van der Waals surface area contributed by atoms with Crippen molar-refractivity contribution in [3.05, 3.63) is 0 Å². The molecule has 0 saturated carbocycles. The fourth-order valence-electron chi connectivity index (χ4n) is 0.591. The van der Waals surface area contributed by atoms with Gasteiger partial charge in [0.05, 0.1) is 6.10 Å². The van der Waals surface area contributed by atoms with E-state index in [1.807, 2.05) is 0 Å². The Balaban J connectivity index is 3.72. The third kappa shape index (κ3) is 2.61. The molecule has 2 nitrogen and oxygen atoms in total. The molecule has 0 aromatic carbocycles. The number of aliphatic hydroxyl groups is 1. The Labute approximate surface area is 55.9 Å². The highest BCUT2D eigenvalue weighted by atomic mass is 16.3. The van der Waals surface area contributed by atoms with Crippen LogP contribution < -0.4 is 0 Å². The van der Waals surface area contributed by atoms with Crippen LogP contribution in [0.5, 0.6) is 0 Å². The second-order valence-corrected chi connectivity index (χ2v) is 2.35. The summed E-state index contributed by atoms with van der Waals surface area (Å²) in [5.41, 5.74) is 0. The summed E-state index contributed by atoms with van der Waals surface area (Å²) in [5, 5.41) is 8.90. The zero-order chi connectivity index (χ0) is 7.44. The summed E-state index contributed by atoms with van der Waals surface area (Å²) in [4.78, 5) is 10.8. The molecule has 0 unspecified atom stereocenters. The molecule has 0 fully saturated rings. The number of ketones is 1. The van der Waals surface area contributed by atoms with Crippen molar-refractivity contribution in [3.63, 3.8) is 0 Å². The van der Waals surface area contributed by atoms with Gasteiger partial charge in [0.2, 0.25) is 0 Å². The van der Waals surface area contributed by atoms with Crippen LogP contribution in [0.2, 0.25) is 0 Å². The van der Waals surface area contributed by atoms with Crippen molar-refractivity contribution < 1.29 is 9.90 Å². The largest absolute Gasteiger partial charge is 0.393 e. The van der Waals surface area contributed by atoms with E-state index in [0.29, 0.717) is 6.42 Å². The minimum Gasteiger partial charge on any atom is -0.393 e. The van der Waals surface area contributed by atoms with Crippen LogP contribution in [0.1, 0.15) is 27.2 Å². The van der Waals surface area contributed by atoms with Crippen molar-refractivity contribution in [2.75, 3.05) is 0 Å². The SMILES string of the molecule is CCC(=O)[C@H](C)[C@H](C)O. The average Bonchev–Trinajstić information content (AvgIpc) is 1.84. The van der Waals surface area contributed by atoms with Crippen molar-refractivity contribution in [3.8, 4) is 0 Å². The Kier molecular flexibility index (Phi) is 3.47. The van der Waals surface area contributed by atoms with Crippen LogP contribution >= 0.6 is 0 Å². The van der Waals surface area contributed by atoms with Gasteiger partial charge in [-0.05, 0) is 6.92 Å². The predicted molar refractivity (Wildman–Crippen MR) is 36.1 cm³/mol. The lowest BCUT2D eigenvalue weighted by atomic mass is 9.99. The maximum absolute atomic E-state index is 10.8. The lowest BCUT2D eigenvalue weighted by Gasteiger charge is -2.10. The van der Waals surface area contributed by atoms with E-state index in [1.54, 1.807) is 20.8 Å². The lowest BCUT2D eigenvalue weighted by Crippen LogP contribution is -2.21. The number of Topliss-reactive ketones (excluding diaryl/α,β-unsaturated/α-hetero) is 1. The summed E-state index contributed by atoms with van der Waals surface area (Å²) in [6, 6.07) is 0. The summed E-state index contributed by atoms with van der Waals surface area (Å²) in [6.07, 6.45) is 0.0175. The summed E-state index contributed by atoms with van der Waals surface area (Å²) >= 11 is 0. The first-order valence-corrected chi connectivity index (χ1v) is 3.30. The van der Waals surface area contributed by atoms with E-state index in [9.17, 15) is 4.79 Å². The highest BCUT2D eigenvalue weighted by Crippen LogP contribution is 2.04. The molecule has 0 bridgehead atoms. The van der Waals surface area contributed by atoms with Crippen molar-refractivity contribution in [1.29, 1.82) is 0 Å². The van der Waals surface area contributed by atoms with Crippen molar-refractivity contribution in [2.24, 2.45) is 5.92 Å². The molecule has 0 spiro atoms. The van der Waals surface area contributed by atoms with Crippen LogP contribution in [0.4, 0.5) is 0 Å². The van der Waals surface area contributed by atoms with Gasteiger partial charge >= 0.3 is 0 Å². The smallest absolute Gasteiger partial charge is 0.137 e. The summed E-state index contributed by atoms with van der Waals surface area (Å²) in [5.74, 6) is -0.0694. The van der Waals surface area contributed by atoms with Crippen LogP contribution in [0.15, 0.2) is 0 Å². The first kappa shape index (κ1) is 8.63. The molecule has 0 aliphatic rings. The van der Waals surface area contributed by atoms with Crippen LogP contribution in [0.25, 0.3) is 0 Å². The zero-order valence-corrected chi connectivity index (χ0v) is 6.22.